The van der Waals surface area contributed by atoms with E-state index < -0.39 is 0 Å². The van der Waals surface area contributed by atoms with Crippen LogP contribution in [0.2, 0.25) is 0 Å². The second kappa shape index (κ2) is 6.05. The van der Waals surface area contributed by atoms with Crippen LogP contribution >= 0.6 is 11.3 Å². The van der Waals surface area contributed by atoms with Gasteiger partial charge in [0.2, 0.25) is 0 Å². The van der Waals surface area contributed by atoms with Crippen molar-refractivity contribution >= 4 is 11.3 Å². The fourth-order valence-electron chi connectivity index (χ4n) is 2.01. The normalized spacial score (nSPS) is 16.8. The number of hydrogen-bond acceptors (Lipinski definition) is 3. The van der Waals surface area contributed by atoms with Crippen LogP contribution in [0.15, 0.2) is 11.4 Å². The Morgan fingerprint density at radius 2 is 2.12 bits per heavy atom. The van der Waals surface area contributed by atoms with Gasteiger partial charge in [-0.2, -0.15) is 0 Å². The maximum Gasteiger partial charge on any atom is 0.104 e. The Bertz CT molecular complexity index is 382. The summed E-state index contributed by atoms with van der Waals surface area (Å²) < 4.78 is 0. The van der Waals surface area contributed by atoms with E-state index in [2.05, 4.69) is 28.2 Å². The van der Waals surface area contributed by atoms with Gasteiger partial charge in [-0.05, 0) is 32.0 Å². The van der Waals surface area contributed by atoms with Crippen molar-refractivity contribution in [3.63, 3.8) is 0 Å². The standard InChI is InChI=1S/C13H17NOS/c15-8-4-5-12-9-13(16-11-12)10-14-6-2-1-3-7-14/h9,11,15H,1-3,6-8,10H2. The molecule has 86 valence electrons. The highest BCUT2D eigenvalue weighted by atomic mass is 32.1. The number of piperidine rings is 1. The monoisotopic (exact) mass is 235 g/mol. The summed E-state index contributed by atoms with van der Waals surface area (Å²) in [6.45, 7) is 3.47. The summed E-state index contributed by atoms with van der Waals surface area (Å²) in [7, 11) is 0. The molecule has 1 fully saturated rings. The van der Waals surface area contributed by atoms with Gasteiger partial charge in [0.15, 0.2) is 0 Å². The summed E-state index contributed by atoms with van der Waals surface area (Å²) in [5.74, 6) is 5.62. The Morgan fingerprint density at radius 3 is 2.88 bits per heavy atom. The van der Waals surface area contributed by atoms with E-state index in [9.17, 15) is 0 Å². The first kappa shape index (κ1) is 11.7. The molecule has 1 aromatic heterocycles. The fraction of sp³-hybridized carbons (Fsp3) is 0.538. The predicted molar refractivity (Wildman–Crippen MR) is 67.4 cm³/mol. The molecule has 1 aliphatic heterocycles. The third-order valence-electron chi connectivity index (χ3n) is 2.79. The summed E-state index contributed by atoms with van der Waals surface area (Å²) in [6.07, 6.45) is 4.05. The van der Waals surface area contributed by atoms with Crippen molar-refractivity contribution in [3.8, 4) is 11.8 Å². The molecule has 0 spiro atoms. The first-order chi connectivity index (χ1) is 7.88. The molecule has 0 unspecified atom stereocenters. The van der Waals surface area contributed by atoms with Gasteiger partial charge in [-0.3, -0.25) is 4.90 Å². The number of nitrogens with zero attached hydrogens (tertiary/aromatic N) is 1. The molecule has 1 aromatic rings. The molecule has 0 aromatic carbocycles. The molecule has 1 saturated heterocycles. The van der Waals surface area contributed by atoms with Crippen LogP contribution in [0.4, 0.5) is 0 Å². The zero-order valence-electron chi connectivity index (χ0n) is 9.41. The lowest BCUT2D eigenvalue weighted by Gasteiger charge is -2.25. The first-order valence-corrected chi connectivity index (χ1v) is 6.66. The predicted octanol–water partition coefficient (Wildman–Crippen LogP) is 2.08. The summed E-state index contributed by atoms with van der Waals surface area (Å²) in [4.78, 5) is 3.89. The van der Waals surface area contributed by atoms with Gasteiger partial charge < -0.3 is 5.11 Å². The number of thiophene rings is 1. The van der Waals surface area contributed by atoms with Crippen molar-refractivity contribution in [1.29, 1.82) is 0 Å². The Labute approximate surface area is 101 Å². The molecule has 3 heteroatoms. The lowest BCUT2D eigenvalue weighted by atomic mass is 10.1. The topological polar surface area (TPSA) is 23.5 Å². The van der Waals surface area contributed by atoms with Gasteiger partial charge in [0, 0.05) is 22.4 Å². The van der Waals surface area contributed by atoms with Gasteiger partial charge in [0.1, 0.15) is 6.61 Å². The van der Waals surface area contributed by atoms with E-state index in [0.29, 0.717) is 0 Å². The highest BCUT2D eigenvalue weighted by molar-refractivity contribution is 7.10. The van der Waals surface area contributed by atoms with E-state index in [-0.39, 0.29) is 6.61 Å². The molecule has 0 aliphatic carbocycles. The lowest BCUT2D eigenvalue weighted by molar-refractivity contribution is 0.222. The van der Waals surface area contributed by atoms with Gasteiger partial charge in [-0.1, -0.05) is 18.3 Å². The smallest absolute Gasteiger partial charge is 0.104 e. The Kier molecular flexibility index (Phi) is 4.41. The highest BCUT2D eigenvalue weighted by Crippen LogP contribution is 2.18. The Balaban J connectivity index is 1.91. The van der Waals surface area contributed by atoms with Gasteiger partial charge in [0.25, 0.3) is 0 Å². The minimum atomic E-state index is -0.0582. The summed E-state index contributed by atoms with van der Waals surface area (Å²) in [6, 6.07) is 2.14. The van der Waals surface area contributed by atoms with Crippen LogP contribution in [0.1, 0.15) is 29.7 Å². The van der Waals surface area contributed by atoms with E-state index in [1.807, 2.05) is 0 Å². The van der Waals surface area contributed by atoms with Gasteiger partial charge >= 0.3 is 0 Å². The largest absolute Gasteiger partial charge is 0.384 e. The van der Waals surface area contributed by atoms with E-state index in [1.165, 1.54) is 37.2 Å². The van der Waals surface area contributed by atoms with Crippen LogP contribution in [0.3, 0.4) is 0 Å². The first-order valence-electron chi connectivity index (χ1n) is 5.78. The fourth-order valence-corrected chi connectivity index (χ4v) is 2.87. The van der Waals surface area contributed by atoms with E-state index >= 15 is 0 Å². The molecule has 0 amide bonds. The third kappa shape index (κ3) is 3.34. The van der Waals surface area contributed by atoms with Crippen molar-refractivity contribution in [1.82, 2.24) is 4.90 Å². The molecule has 1 aliphatic rings. The van der Waals surface area contributed by atoms with Crippen LogP contribution in [0.5, 0.6) is 0 Å². The van der Waals surface area contributed by atoms with Crippen LogP contribution in [0.25, 0.3) is 0 Å². The summed E-state index contributed by atoms with van der Waals surface area (Å²) in [5, 5.41) is 10.7. The number of hydrogen-bond donors (Lipinski definition) is 1. The van der Waals surface area contributed by atoms with Crippen molar-refractivity contribution in [2.45, 2.75) is 25.8 Å². The molecule has 1 N–H and O–H groups in total. The summed E-state index contributed by atoms with van der Waals surface area (Å²) >= 11 is 1.77. The second-order valence-corrected chi connectivity index (χ2v) is 5.09. The maximum atomic E-state index is 8.62. The minimum absolute atomic E-state index is 0.0582. The second-order valence-electron chi connectivity index (χ2n) is 4.10. The number of aliphatic hydroxyl groups is 1. The highest BCUT2D eigenvalue weighted by Gasteiger charge is 2.11. The molecule has 0 atom stereocenters. The number of likely N-dealkylation sites (tertiary alicyclic amines) is 1. The zero-order valence-corrected chi connectivity index (χ0v) is 10.2. The van der Waals surface area contributed by atoms with E-state index in [0.717, 1.165) is 12.1 Å². The van der Waals surface area contributed by atoms with Crippen LogP contribution in [-0.2, 0) is 6.54 Å². The van der Waals surface area contributed by atoms with Crippen molar-refractivity contribution in [2.75, 3.05) is 19.7 Å². The van der Waals surface area contributed by atoms with Crippen LogP contribution in [0, 0.1) is 11.8 Å². The van der Waals surface area contributed by atoms with Gasteiger partial charge in [0.05, 0.1) is 0 Å². The van der Waals surface area contributed by atoms with Crippen LogP contribution in [-0.4, -0.2) is 29.7 Å². The van der Waals surface area contributed by atoms with Crippen LogP contribution < -0.4 is 0 Å². The number of rotatable bonds is 2. The minimum Gasteiger partial charge on any atom is -0.384 e. The van der Waals surface area contributed by atoms with Crippen molar-refractivity contribution < 1.29 is 5.11 Å². The molecule has 0 radical (unpaired) electrons. The quantitative estimate of drug-likeness (QED) is 0.793. The van der Waals surface area contributed by atoms with E-state index in [4.69, 9.17) is 5.11 Å². The zero-order chi connectivity index (χ0) is 11.2. The molecular formula is C13H17NOS. The summed E-state index contributed by atoms with van der Waals surface area (Å²) in [5.41, 5.74) is 1.03. The molecule has 2 heterocycles. The third-order valence-corrected chi connectivity index (χ3v) is 3.72. The SMILES string of the molecule is OCC#Cc1csc(CN2CCCCC2)c1. The molecule has 2 rings (SSSR count). The Morgan fingerprint density at radius 1 is 1.31 bits per heavy atom. The molecule has 2 nitrogen and oxygen atoms in total. The van der Waals surface area contributed by atoms with Crippen molar-refractivity contribution in [3.05, 3.63) is 21.9 Å². The van der Waals surface area contributed by atoms with E-state index in [1.54, 1.807) is 11.3 Å². The molecular weight excluding hydrogens is 218 g/mol. The lowest BCUT2D eigenvalue weighted by Crippen LogP contribution is -2.28. The van der Waals surface area contributed by atoms with Gasteiger partial charge in [-0.15, -0.1) is 11.3 Å². The molecule has 16 heavy (non-hydrogen) atoms. The van der Waals surface area contributed by atoms with Crippen molar-refractivity contribution in [2.24, 2.45) is 0 Å². The average Bonchev–Trinajstić information content (AvgIpc) is 2.75. The average molecular weight is 235 g/mol. The van der Waals surface area contributed by atoms with Gasteiger partial charge in [-0.25, -0.2) is 0 Å². The number of aliphatic hydroxyl groups excluding tert-OH is 1. The Hall–Kier alpha value is -0.820. The molecule has 0 bridgehead atoms. The maximum absolute atomic E-state index is 8.62. The molecule has 0 saturated carbocycles.